The zero-order chi connectivity index (χ0) is 13.9. The van der Waals surface area contributed by atoms with Gasteiger partial charge in [-0.15, -0.1) is 0 Å². The smallest absolute Gasteiger partial charge is 0.128 e. The number of ether oxygens (including phenoxy) is 3. The summed E-state index contributed by atoms with van der Waals surface area (Å²) in [6.45, 7) is 1.70. The van der Waals surface area contributed by atoms with Gasteiger partial charge in [0.1, 0.15) is 11.5 Å². The molecule has 2 aliphatic rings. The molecule has 110 valence electrons. The van der Waals surface area contributed by atoms with Crippen molar-refractivity contribution in [3.63, 3.8) is 0 Å². The van der Waals surface area contributed by atoms with E-state index >= 15 is 0 Å². The maximum absolute atomic E-state index is 6.14. The van der Waals surface area contributed by atoms with E-state index in [-0.39, 0.29) is 6.10 Å². The van der Waals surface area contributed by atoms with Crippen molar-refractivity contribution >= 4 is 0 Å². The van der Waals surface area contributed by atoms with Gasteiger partial charge < -0.3 is 19.5 Å². The van der Waals surface area contributed by atoms with Crippen LogP contribution in [0, 0.1) is 5.92 Å². The molecular weight excluding hydrogens is 254 g/mol. The van der Waals surface area contributed by atoms with E-state index < -0.39 is 0 Å². The molecule has 1 saturated carbocycles. The average Bonchev–Trinajstić information content (AvgIpc) is 2.85. The van der Waals surface area contributed by atoms with Crippen LogP contribution in [0.15, 0.2) is 18.2 Å². The number of benzene rings is 1. The van der Waals surface area contributed by atoms with Crippen LogP contribution in [0.4, 0.5) is 0 Å². The number of rotatable bonds is 3. The minimum Gasteiger partial charge on any atom is -0.497 e. The van der Waals surface area contributed by atoms with E-state index in [1.807, 2.05) is 18.2 Å². The van der Waals surface area contributed by atoms with Crippen LogP contribution in [0.25, 0.3) is 0 Å². The van der Waals surface area contributed by atoms with Crippen LogP contribution >= 0.6 is 0 Å². The Morgan fingerprint density at radius 2 is 2.10 bits per heavy atom. The van der Waals surface area contributed by atoms with Crippen LogP contribution in [-0.4, -0.2) is 33.4 Å². The molecule has 1 heterocycles. The predicted molar refractivity (Wildman–Crippen MR) is 77.4 cm³/mol. The van der Waals surface area contributed by atoms with Crippen LogP contribution < -0.4 is 14.8 Å². The number of nitrogens with one attached hydrogen (secondary N) is 1. The molecule has 0 spiro atoms. The van der Waals surface area contributed by atoms with Gasteiger partial charge in [0, 0.05) is 24.2 Å². The van der Waals surface area contributed by atoms with Gasteiger partial charge in [-0.25, -0.2) is 0 Å². The number of hydrogen-bond donors (Lipinski definition) is 1. The highest BCUT2D eigenvalue weighted by molar-refractivity contribution is 5.42. The molecule has 20 heavy (non-hydrogen) atoms. The van der Waals surface area contributed by atoms with Crippen molar-refractivity contribution in [1.82, 2.24) is 5.32 Å². The Labute approximate surface area is 120 Å². The molecular formula is C16H23NO3. The first kappa shape index (κ1) is 13.7. The Kier molecular flexibility index (Phi) is 4.13. The molecule has 4 heteroatoms. The summed E-state index contributed by atoms with van der Waals surface area (Å²) in [5, 5.41) is 3.66. The Hall–Kier alpha value is -1.26. The van der Waals surface area contributed by atoms with Gasteiger partial charge in [-0.1, -0.05) is 6.42 Å². The summed E-state index contributed by atoms with van der Waals surface area (Å²) in [6, 6.07) is 6.56. The van der Waals surface area contributed by atoms with Gasteiger partial charge in [0.2, 0.25) is 0 Å². The monoisotopic (exact) mass is 277 g/mol. The van der Waals surface area contributed by atoms with Crippen LogP contribution in [0.5, 0.6) is 11.5 Å². The van der Waals surface area contributed by atoms with Crippen molar-refractivity contribution in [2.24, 2.45) is 5.92 Å². The third kappa shape index (κ3) is 2.63. The fourth-order valence-electron chi connectivity index (χ4n) is 3.35. The number of hydrogen-bond acceptors (Lipinski definition) is 4. The molecule has 1 aliphatic heterocycles. The normalized spacial score (nSPS) is 29.6. The molecule has 4 nitrogen and oxygen atoms in total. The average molecular weight is 277 g/mol. The van der Waals surface area contributed by atoms with Crippen LogP contribution in [0.2, 0.25) is 0 Å². The summed E-state index contributed by atoms with van der Waals surface area (Å²) in [5.41, 5.74) is 1.10. The Morgan fingerprint density at radius 3 is 2.90 bits per heavy atom. The predicted octanol–water partition coefficient (Wildman–Crippen LogP) is 2.53. The molecule has 3 rings (SSSR count). The molecule has 0 radical (unpaired) electrons. The lowest BCUT2D eigenvalue weighted by Gasteiger charge is -2.19. The largest absolute Gasteiger partial charge is 0.497 e. The summed E-state index contributed by atoms with van der Waals surface area (Å²) < 4.78 is 16.9. The van der Waals surface area contributed by atoms with Crippen LogP contribution in [0.3, 0.4) is 0 Å². The van der Waals surface area contributed by atoms with E-state index in [1.54, 1.807) is 14.2 Å². The lowest BCUT2D eigenvalue weighted by molar-refractivity contribution is 0.0459. The van der Waals surface area contributed by atoms with Gasteiger partial charge in [0.15, 0.2) is 0 Å². The topological polar surface area (TPSA) is 39.7 Å². The molecule has 1 saturated heterocycles. The summed E-state index contributed by atoms with van der Waals surface area (Å²) >= 11 is 0. The standard InChI is InChI=1S/C16H23NO3/c1-18-12-6-7-13(15(8-12)19-2)16-9-17-14-5-3-4-11(14)10-20-16/h6-8,11,14,16-17H,3-5,9-10H2,1-2H3. The molecule has 0 bridgehead atoms. The first-order valence-corrected chi connectivity index (χ1v) is 7.38. The van der Waals surface area contributed by atoms with Crippen molar-refractivity contribution in [3.8, 4) is 11.5 Å². The number of methoxy groups -OCH3 is 2. The summed E-state index contributed by atoms with van der Waals surface area (Å²) in [6.07, 6.45) is 3.94. The Balaban J connectivity index is 1.78. The minimum atomic E-state index is 0.0569. The van der Waals surface area contributed by atoms with E-state index in [2.05, 4.69) is 5.32 Å². The molecule has 1 aromatic carbocycles. The third-order valence-electron chi connectivity index (χ3n) is 4.52. The molecule has 0 aromatic heterocycles. The molecule has 1 N–H and O–H groups in total. The van der Waals surface area contributed by atoms with Crippen LogP contribution in [0.1, 0.15) is 30.9 Å². The quantitative estimate of drug-likeness (QED) is 0.921. The van der Waals surface area contributed by atoms with Crippen LogP contribution in [-0.2, 0) is 4.74 Å². The van der Waals surface area contributed by atoms with Crippen molar-refractivity contribution in [3.05, 3.63) is 23.8 Å². The SMILES string of the molecule is COc1ccc(C2CNC3CCCC3CO2)c(OC)c1. The highest BCUT2D eigenvalue weighted by Gasteiger charge is 2.32. The van der Waals surface area contributed by atoms with Gasteiger partial charge in [-0.05, 0) is 30.9 Å². The molecule has 1 aromatic rings. The van der Waals surface area contributed by atoms with Crippen molar-refractivity contribution in [2.45, 2.75) is 31.4 Å². The van der Waals surface area contributed by atoms with E-state index in [0.717, 1.165) is 30.2 Å². The lowest BCUT2D eigenvalue weighted by Crippen LogP contribution is -2.32. The summed E-state index contributed by atoms with van der Waals surface area (Å²) in [4.78, 5) is 0. The maximum atomic E-state index is 6.14. The summed E-state index contributed by atoms with van der Waals surface area (Å²) in [7, 11) is 3.36. The third-order valence-corrected chi connectivity index (χ3v) is 4.52. The molecule has 3 atom stereocenters. The van der Waals surface area contributed by atoms with Gasteiger partial charge in [-0.2, -0.15) is 0 Å². The fourth-order valence-corrected chi connectivity index (χ4v) is 3.35. The van der Waals surface area contributed by atoms with Gasteiger partial charge in [0.25, 0.3) is 0 Å². The molecule has 1 aliphatic carbocycles. The molecule has 3 unspecified atom stereocenters. The van der Waals surface area contributed by atoms with E-state index in [1.165, 1.54) is 19.3 Å². The lowest BCUT2D eigenvalue weighted by atomic mass is 10.1. The van der Waals surface area contributed by atoms with Crippen molar-refractivity contribution < 1.29 is 14.2 Å². The Morgan fingerprint density at radius 1 is 1.20 bits per heavy atom. The first-order chi connectivity index (χ1) is 9.81. The van der Waals surface area contributed by atoms with Crippen molar-refractivity contribution in [2.75, 3.05) is 27.4 Å². The zero-order valence-corrected chi connectivity index (χ0v) is 12.2. The minimum absolute atomic E-state index is 0.0569. The first-order valence-electron chi connectivity index (χ1n) is 7.38. The molecule has 2 fully saturated rings. The van der Waals surface area contributed by atoms with Gasteiger partial charge >= 0.3 is 0 Å². The fraction of sp³-hybridized carbons (Fsp3) is 0.625. The van der Waals surface area contributed by atoms with E-state index in [0.29, 0.717) is 12.0 Å². The second kappa shape index (κ2) is 6.02. The number of fused-ring (bicyclic) bond motifs is 1. The van der Waals surface area contributed by atoms with E-state index in [9.17, 15) is 0 Å². The van der Waals surface area contributed by atoms with E-state index in [4.69, 9.17) is 14.2 Å². The Bertz CT molecular complexity index is 449. The highest BCUT2D eigenvalue weighted by atomic mass is 16.5. The molecule has 0 amide bonds. The second-order valence-corrected chi connectivity index (χ2v) is 5.64. The zero-order valence-electron chi connectivity index (χ0n) is 12.2. The summed E-state index contributed by atoms with van der Waals surface area (Å²) in [5.74, 6) is 2.32. The second-order valence-electron chi connectivity index (χ2n) is 5.64. The van der Waals surface area contributed by atoms with Crippen molar-refractivity contribution in [1.29, 1.82) is 0 Å². The van der Waals surface area contributed by atoms with Gasteiger partial charge in [-0.3, -0.25) is 0 Å². The maximum Gasteiger partial charge on any atom is 0.128 e. The van der Waals surface area contributed by atoms with Gasteiger partial charge in [0.05, 0.1) is 26.9 Å². The highest BCUT2D eigenvalue weighted by Crippen LogP contribution is 2.35.